The van der Waals surface area contributed by atoms with Gasteiger partial charge in [-0.3, -0.25) is 4.79 Å². The van der Waals surface area contributed by atoms with E-state index in [0.29, 0.717) is 17.8 Å². The molecule has 29 heavy (non-hydrogen) atoms. The standard InChI is InChI=1S/C22H21N5O2/c28-16-11-9-15(10-12-16)22(29)27-21(23-24-25-27)13-14-26-19-7-3-1-5-17(19)18-6-2-4-8-20(18)26/h1,3,5,7,9-12,28H,2,4,6,8,13-14H2. The third-order valence-electron chi connectivity index (χ3n) is 5.68. The molecule has 7 nitrogen and oxygen atoms in total. The van der Waals surface area contributed by atoms with Gasteiger partial charge in [0.15, 0.2) is 5.82 Å². The highest BCUT2D eigenvalue weighted by atomic mass is 16.3. The van der Waals surface area contributed by atoms with Gasteiger partial charge in [-0.05, 0) is 72.0 Å². The Labute approximate surface area is 167 Å². The summed E-state index contributed by atoms with van der Waals surface area (Å²) in [6.07, 6.45) is 5.21. The SMILES string of the molecule is O=C(c1ccc(O)cc1)n1nnnc1CCn1c2c(c3ccccc31)CCCC2. The van der Waals surface area contributed by atoms with E-state index in [-0.39, 0.29) is 11.7 Å². The number of carbonyl (C=O) groups excluding carboxylic acids is 1. The van der Waals surface area contributed by atoms with Crippen molar-refractivity contribution in [2.24, 2.45) is 0 Å². The fourth-order valence-electron chi connectivity index (χ4n) is 4.30. The maximum Gasteiger partial charge on any atom is 0.281 e. The molecule has 2 aromatic heterocycles. The summed E-state index contributed by atoms with van der Waals surface area (Å²) in [6.45, 7) is 0.721. The number of hydrogen-bond acceptors (Lipinski definition) is 5. The number of hydrogen-bond donors (Lipinski definition) is 1. The van der Waals surface area contributed by atoms with Gasteiger partial charge >= 0.3 is 0 Å². The largest absolute Gasteiger partial charge is 0.508 e. The fourth-order valence-corrected chi connectivity index (χ4v) is 4.30. The van der Waals surface area contributed by atoms with Crippen molar-refractivity contribution in [2.75, 3.05) is 0 Å². The Balaban J connectivity index is 1.44. The molecule has 0 fully saturated rings. The van der Waals surface area contributed by atoms with Crippen molar-refractivity contribution in [1.82, 2.24) is 24.8 Å². The van der Waals surface area contributed by atoms with E-state index in [4.69, 9.17) is 0 Å². The van der Waals surface area contributed by atoms with Gasteiger partial charge in [-0.25, -0.2) is 0 Å². The first kappa shape index (κ1) is 17.6. The van der Waals surface area contributed by atoms with Crippen LogP contribution >= 0.6 is 0 Å². The number of benzene rings is 2. The molecule has 0 amide bonds. The van der Waals surface area contributed by atoms with Crippen molar-refractivity contribution in [2.45, 2.75) is 38.6 Å². The molecular formula is C22H21N5O2. The first-order valence-corrected chi connectivity index (χ1v) is 9.92. The van der Waals surface area contributed by atoms with Crippen LogP contribution < -0.4 is 0 Å². The number of fused-ring (bicyclic) bond motifs is 3. The van der Waals surface area contributed by atoms with Gasteiger partial charge in [0.1, 0.15) is 5.75 Å². The molecule has 0 saturated heterocycles. The Bertz CT molecular complexity index is 1190. The third-order valence-corrected chi connectivity index (χ3v) is 5.68. The molecule has 7 heteroatoms. The number of tetrazole rings is 1. The van der Waals surface area contributed by atoms with Crippen molar-refractivity contribution < 1.29 is 9.90 Å². The van der Waals surface area contributed by atoms with Crippen molar-refractivity contribution in [3.05, 3.63) is 71.2 Å². The number of rotatable bonds is 4. The molecule has 1 aliphatic rings. The van der Waals surface area contributed by atoms with E-state index >= 15 is 0 Å². The number of carbonyl (C=O) groups is 1. The Morgan fingerprint density at radius 1 is 1.03 bits per heavy atom. The third kappa shape index (κ3) is 3.08. The maximum atomic E-state index is 12.8. The average molecular weight is 387 g/mol. The highest BCUT2D eigenvalue weighted by Gasteiger charge is 2.21. The number of phenolic OH excluding ortho intramolecular Hbond substituents is 1. The Morgan fingerprint density at radius 2 is 1.83 bits per heavy atom. The minimum Gasteiger partial charge on any atom is -0.508 e. The van der Waals surface area contributed by atoms with Gasteiger partial charge in [-0.15, -0.1) is 5.10 Å². The van der Waals surface area contributed by atoms with Gasteiger partial charge in [-0.2, -0.15) is 4.68 Å². The second kappa shape index (κ2) is 7.16. The number of phenols is 1. The second-order valence-electron chi connectivity index (χ2n) is 7.41. The van der Waals surface area contributed by atoms with Crippen LogP contribution in [0.3, 0.4) is 0 Å². The van der Waals surface area contributed by atoms with Crippen molar-refractivity contribution >= 4 is 16.8 Å². The van der Waals surface area contributed by atoms with Crippen LogP contribution in [-0.2, 0) is 25.8 Å². The molecule has 4 aromatic rings. The Morgan fingerprint density at radius 3 is 2.69 bits per heavy atom. The van der Waals surface area contributed by atoms with Gasteiger partial charge < -0.3 is 9.67 Å². The molecular weight excluding hydrogens is 366 g/mol. The molecule has 146 valence electrons. The van der Waals surface area contributed by atoms with E-state index in [1.807, 2.05) is 0 Å². The maximum absolute atomic E-state index is 12.8. The summed E-state index contributed by atoms with van der Waals surface area (Å²) in [5.41, 5.74) is 4.54. The van der Waals surface area contributed by atoms with Crippen LogP contribution in [0.15, 0.2) is 48.5 Å². The molecule has 0 unspecified atom stereocenters. The summed E-state index contributed by atoms with van der Waals surface area (Å²) < 4.78 is 3.62. The van der Waals surface area contributed by atoms with Gasteiger partial charge in [0, 0.05) is 35.1 Å². The molecule has 0 radical (unpaired) electrons. The molecule has 0 saturated carbocycles. The van der Waals surface area contributed by atoms with Crippen LogP contribution in [0.2, 0.25) is 0 Å². The smallest absolute Gasteiger partial charge is 0.281 e. The summed E-state index contributed by atoms with van der Waals surface area (Å²) in [5.74, 6) is 0.345. The molecule has 0 spiro atoms. The Hall–Kier alpha value is -3.48. The zero-order valence-electron chi connectivity index (χ0n) is 16.0. The molecule has 1 aliphatic carbocycles. The highest BCUT2D eigenvalue weighted by Crippen LogP contribution is 2.32. The molecule has 0 aliphatic heterocycles. The minimum absolute atomic E-state index is 0.114. The number of para-hydroxylation sites is 1. The van der Waals surface area contributed by atoms with Gasteiger partial charge in [0.2, 0.25) is 0 Å². The zero-order valence-corrected chi connectivity index (χ0v) is 16.0. The van der Waals surface area contributed by atoms with Crippen molar-refractivity contribution in [3.8, 4) is 5.75 Å². The lowest BCUT2D eigenvalue weighted by Crippen LogP contribution is -2.19. The van der Waals surface area contributed by atoms with Crippen LogP contribution in [-0.4, -0.2) is 35.8 Å². The summed E-state index contributed by atoms with van der Waals surface area (Å²) in [4.78, 5) is 12.8. The average Bonchev–Trinajstić information content (AvgIpc) is 3.35. The molecule has 5 rings (SSSR count). The van der Waals surface area contributed by atoms with E-state index in [1.54, 1.807) is 12.1 Å². The topological polar surface area (TPSA) is 85.8 Å². The lowest BCUT2D eigenvalue weighted by Gasteiger charge is -2.16. The summed E-state index contributed by atoms with van der Waals surface area (Å²) in [6, 6.07) is 14.6. The van der Waals surface area contributed by atoms with Crippen LogP contribution in [0.5, 0.6) is 5.75 Å². The molecule has 2 aromatic carbocycles. The Kier molecular flexibility index (Phi) is 4.35. The normalized spacial score (nSPS) is 13.5. The summed E-state index contributed by atoms with van der Waals surface area (Å²) >= 11 is 0. The lowest BCUT2D eigenvalue weighted by molar-refractivity contribution is 0.0939. The summed E-state index contributed by atoms with van der Waals surface area (Å²) in [5, 5.41) is 22.5. The highest BCUT2D eigenvalue weighted by molar-refractivity contribution is 5.95. The van der Waals surface area contributed by atoms with Gasteiger partial charge in [0.05, 0.1) is 0 Å². The van der Waals surface area contributed by atoms with Gasteiger partial charge in [-0.1, -0.05) is 18.2 Å². The van der Waals surface area contributed by atoms with Crippen LogP contribution in [0.4, 0.5) is 0 Å². The van der Waals surface area contributed by atoms with Crippen molar-refractivity contribution in [1.29, 1.82) is 0 Å². The molecule has 0 bridgehead atoms. The molecule has 2 heterocycles. The number of aryl methyl sites for hydroxylation is 3. The number of aromatic nitrogens is 5. The monoisotopic (exact) mass is 387 g/mol. The zero-order chi connectivity index (χ0) is 19.8. The predicted molar refractivity (Wildman–Crippen MR) is 108 cm³/mol. The van der Waals surface area contributed by atoms with Gasteiger partial charge in [0.25, 0.3) is 5.91 Å². The molecule has 1 N–H and O–H groups in total. The quantitative estimate of drug-likeness (QED) is 0.544. The summed E-state index contributed by atoms with van der Waals surface area (Å²) in [7, 11) is 0. The van der Waals surface area contributed by atoms with Crippen LogP contribution in [0, 0.1) is 0 Å². The number of nitrogens with zero attached hydrogens (tertiary/aromatic N) is 5. The number of aromatic hydroxyl groups is 1. The van der Waals surface area contributed by atoms with E-state index < -0.39 is 0 Å². The first-order valence-electron chi connectivity index (χ1n) is 9.92. The van der Waals surface area contributed by atoms with Crippen LogP contribution in [0.25, 0.3) is 10.9 Å². The van der Waals surface area contributed by atoms with E-state index in [9.17, 15) is 9.90 Å². The fraction of sp³-hybridized carbons (Fsp3) is 0.273. The lowest BCUT2D eigenvalue weighted by atomic mass is 9.95. The van der Waals surface area contributed by atoms with E-state index in [1.165, 1.54) is 51.8 Å². The predicted octanol–water partition coefficient (Wildman–Crippen LogP) is 3.14. The van der Waals surface area contributed by atoms with E-state index in [2.05, 4.69) is 44.4 Å². The second-order valence-corrected chi connectivity index (χ2v) is 7.41. The van der Waals surface area contributed by atoms with Crippen molar-refractivity contribution in [3.63, 3.8) is 0 Å². The van der Waals surface area contributed by atoms with E-state index in [0.717, 1.165) is 19.4 Å². The first-order chi connectivity index (χ1) is 14.2. The van der Waals surface area contributed by atoms with Crippen LogP contribution in [0.1, 0.15) is 40.3 Å². The molecule has 0 atom stereocenters. The minimum atomic E-state index is -0.301.